The summed E-state index contributed by atoms with van der Waals surface area (Å²) in [4.78, 5) is 19.0. The lowest BCUT2D eigenvalue weighted by Crippen LogP contribution is -2.57. The molecule has 0 aromatic carbocycles. The van der Waals surface area contributed by atoms with E-state index in [-0.39, 0.29) is 17.8 Å². The van der Waals surface area contributed by atoms with Crippen LogP contribution < -0.4 is 5.32 Å². The number of rotatable bonds is 3. The molecular weight excluding hydrogens is 307 g/mol. The topological polar surface area (TPSA) is 50.2 Å². The standard InChI is InChI=1S/C18H21FN4O/c1-22-16(13-8-14(19)10-20-9-13)2-3-17(22)18(24)21-15-11-23-6-4-12(15)5-7-23/h2-3,8-10,12,15H,4-7,11H2,1H3,(H,21,24)/t15-/m0/s1. The minimum absolute atomic E-state index is 0.0631. The summed E-state index contributed by atoms with van der Waals surface area (Å²) < 4.78 is 15.2. The van der Waals surface area contributed by atoms with E-state index in [0.29, 0.717) is 17.2 Å². The van der Waals surface area contributed by atoms with Gasteiger partial charge in [-0.15, -0.1) is 0 Å². The normalized spacial score (nSPS) is 25.7. The third-order valence-electron chi connectivity index (χ3n) is 5.33. The molecule has 1 atom stereocenters. The number of hydrogen-bond donors (Lipinski definition) is 1. The van der Waals surface area contributed by atoms with E-state index < -0.39 is 0 Å². The number of amides is 1. The fourth-order valence-corrected chi connectivity index (χ4v) is 3.95. The van der Waals surface area contributed by atoms with Gasteiger partial charge >= 0.3 is 0 Å². The van der Waals surface area contributed by atoms with E-state index in [9.17, 15) is 9.18 Å². The molecule has 3 aliphatic rings. The number of carbonyl (C=O) groups is 1. The number of pyridine rings is 1. The molecule has 3 saturated heterocycles. The van der Waals surface area contributed by atoms with Crippen molar-refractivity contribution in [1.29, 1.82) is 0 Å². The molecule has 5 nitrogen and oxygen atoms in total. The summed E-state index contributed by atoms with van der Waals surface area (Å²) in [6.07, 6.45) is 5.11. The third-order valence-corrected chi connectivity index (χ3v) is 5.33. The molecule has 6 heteroatoms. The fraction of sp³-hybridized carbons (Fsp3) is 0.444. The van der Waals surface area contributed by atoms with E-state index in [0.717, 1.165) is 38.2 Å². The van der Waals surface area contributed by atoms with Crippen LogP contribution in [-0.2, 0) is 7.05 Å². The van der Waals surface area contributed by atoms with E-state index in [1.807, 2.05) is 13.1 Å². The summed E-state index contributed by atoms with van der Waals surface area (Å²) in [6.45, 7) is 3.25. The molecule has 5 heterocycles. The van der Waals surface area contributed by atoms with E-state index >= 15 is 0 Å². The Hall–Kier alpha value is -2.21. The van der Waals surface area contributed by atoms with Crippen LogP contribution in [0.4, 0.5) is 4.39 Å². The molecule has 0 saturated carbocycles. The Labute approximate surface area is 140 Å². The molecule has 24 heavy (non-hydrogen) atoms. The molecule has 0 radical (unpaired) electrons. The van der Waals surface area contributed by atoms with Gasteiger partial charge in [-0.05, 0) is 50.0 Å². The van der Waals surface area contributed by atoms with Crippen LogP contribution in [0.3, 0.4) is 0 Å². The first kappa shape index (κ1) is 15.3. The average Bonchev–Trinajstić information content (AvgIpc) is 2.97. The van der Waals surface area contributed by atoms with Gasteiger partial charge in [-0.1, -0.05) is 0 Å². The quantitative estimate of drug-likeness (QED) is 0.938. The van der Waals surface area contributed by atoms with Gasteiger partial charge in [0.05, 0.1) is 11.9 Å². The Bertz CT molecular complexity index is 764. The summed E-state index contributed by atoms with van der Waals surface area (Å²) in [5.41, 5.74) is 2.03. The molecule has 5 rings (SSSR count). The van der Waals surface area contributed by atoms with Gasteiger partial charge < -0.3 is 14.8 Å². The van der Waals surface area contributed by atoms with Gasteiger partial charge in [-0.2, -0.15) is 0 Å². The maximum Gasteiger partial charge on any atom is 0.268 e. The summed E-state index contributed by atoms with van der Waals surface area (Å²) in [6, 6.07) is 5.28. The fourth-order valence-electron chi connectivity index (χ4n) is 3.95. The number of aromatic nitrogens is 2. The van der Waals surface area contributed by atoms with Crippen molar-refractivity contribution in [2.75, 3.05) is 19.6 Å². The summed E-state index contributed by atoms with van der Waals surface area (Å²) >= 11 is 0. The Morgan fingerprint density at radius 3 is 2.75 bits per heavy atom. The maximum atomic E-state index is 13.4. The number of fused-ring (bicyclic) bond motifs is 3. The molecule has 3 fully saturated rings. The first-order valence-electron chi connectivity index (χ1n) is 8.41. The van der Waals surface area contributed by atoms with Crippen LogP contribution in [0.2, 0.25) is 0 Å². The summed E-state index contributed by atoms with van der Waals surface area (Å²) in [7, 11) is 1.83. The number of nitrogens with zero attached hydrogens (tertiary/aromatic N) is 3. The molecule has 0 unspecified atom stereocenters. The average molecular weight is 328 g/mol. The van der Waals surface area contributed by atoms with Crippen LogP contribution in [0.5, 0.6) is 0 Å². The predicted octanol–water partition coefficient (Wildman–Crippen LogP) is 2.05. The lowest BCUT2D eigenvalue weighted by Gasteiger charge is -2.44. The predicted molar refractivity (Wildman–Crippen MR) is 89.0 cm³/mol. The summed E-state index contributed by atoms with van der Waals surface area (Å²) in [5, 5.41) is 3.19. The van der Waals surface area contributed by atoms with Crippen molar-refractivity contribution >= 4 is 5.91 Å². The van der Waals surface area contributed by atoms with Gasteiger partial charge in [-0.3, -0.25) is 9.78 Å². The molecule has 0 aliphatic carbocycles. The van der Waals surface area contributed by atoms with Crippen molar-refractivity contribution < 1.29 is 9.18 Å². The zero-order chi connectivity index (χ0) is 16.7. The molecule has 2 aromatic heterocycles. The monoisotopic (exact) mass is 328 g/mol. The van der Waals surface area contributed by atoms with Gasteiger partial charge in [0.2, 0.25) is 0 Å². The van der Waals surface area contributed by atoms with E-state index in [1.165, 1.54) is 12.3 Å². The smallest absolute Gasteiger partial charge is 0.268 e. The Balaban J connectivity index is 1.53. The van der Waals surface area contributed by atoms with Crippen molar-refractivity contribution in [3.8, 4) is 11.3 Å². The minimum Gasteiger partial charge on any atom is -0.346 e. The highest BCUT2D eigenvalue weighted by Crippen LogP contribution is 2.28. The zero-order valence-corrected chi connectivity index (χ0v) is 13.7. The second kappa shape index (κ2) is 6.02. The van der Waals surface area contributed by atoms with Crippen LogP contribution in [0.25, 0.3) is 11.3 Å². The van der Waals surface area contributed by atoms with Gasteiger partial charge in [0.1, 0.15) is 11.5 Å². The van der Waals surface area contributed by atoms with Gasteiger partial charge in [-0.25, -0.2) is 4.39 Å². The lowest BCUT2D eigenvalue weighted by molar-refractivity contribution is 0.0616. The van der Waals surface area contributed by atoms with Crippen molar-refractivity contribution in [2.24, 2.45) is 13.0 Å². The van der Waals surface area contributed by atoms with Crippen LogP contribution in [-0.4, -0.2) is 46.0 Å². The van der Waals surface area contributed by atoms with Gasteiger partial charge in [0, 0.05) is 31.4 Å². The molecule has 2 aromatic rings. The Morgan fingerprint density at radius 1 is 1.29 bits per heavy atom. The first-order chi connectivity index (χ1) is 11.6. The van der Waals surface area contributed by atoms with Crippen molar-refractivity contribution in [3.63, 3.8) is 0 Å². The molecule has 1 amide bonds. The number of hydrogen-bond acceptors (Lipinski definition) is 3. The molecule has 0 spiro atoms. The summed E-state index contributed by atoms with van der Waals surface area (Å²) in [5.74, 6) is 0.143. The molecule has 126 valence electrons. The molecule has 2 bridgehead atoms. The van der Waals surface area contributed by atoms with Crippen molar-refractivity contribution in [3.05, 3.63) is 42.1 Å². The SMILES string of the molecule is Cn1c(C(=O)N[C@H]2CN3CCC2CC3)ccc1-c1cncc(F)c1. The first-order valence-corrected chi connectivity index (χ1v) is 8.41. The molecular formula is C18H21FN4O. The minimum atomic E-state index is -0.382. The van der Waals surface area contributed by atoms with Gasteiger partial charge in [0.15, 0.2) is 0 Å². The number of halogens is 1. The number of piperidine rings is 3. The Morgan fingerprint density at radius 2 is 2.08 bits per heavy atom. The van der Waals surface area contributed by atoms with Crippen molar-refractivity contribution in [2.45, 2.75) is 18.9 Å². The second-order valence-electron chi connectivity index (χ2n) is 6.77. The lowest BCUT2D eigenvalue weighted by atomic mass is 9.84. The maximum absolute atomic E-state index is 13.4. The second-order valence-corrected chi connectivity index (χ2v) is 6.77. The van der Waals surface area contributed by atoms with E-state index in [2.05, 4.69) is 15.2 Å². The molecule has 1 N–H and O–H groups in total. The van der Waals surface area contributed by atoms with Gasteiger partial charge in [0.25, 0.3) is 5.91 Å². The van der Waals surface area contributed by atoms with E-state index in [1.54, 1.807) is 16.8 Å². The van der Waals surface area contributed by atoms with Crippen LogP contribution in [0, 0.1) is 11.7 Å². The number of carbonyl (C=O) groups excluding carboxylic acids is 1. The highest BCUT2D eigenvalue weighted by molar-refractivity contribution is 5.94. The van der Waals surface area contributed by atoms with Crippen LogP contribution >= 0.6 is 0 Å². The zero-order valence-electron chi connectivity index (χ0n) is 13.7. The van der Waals surface area contributed by atoms with Crippen molar-refractivity contribution in [1.82, 2.24) is 19.8 Å². The highest BCUT2D eigenvalue weighted by Gasteiger charge is 2.35. The van der Waals surface area contributed by atoms with Crippen LogP contribution in [0.15, 0.2) is 30.6 Å². The molecule has 3 aliphatic heterocycles. The van der Waals surface area contributed by atoms with Crippen LogP contribution in [0.1, 0.15) is 23.3 Å². The largest absolute Gasteiger partial charge is 0.346 e. The third kappa shape index (κ3) is 2.71. The Kier molecular flexibility index (Phi) is 3.84. The highest BCUT2D eigenvalue weighted by atomic mass is 19.1. The van der Waals surface area contributed by atoms with E-state index in [4.69, 9.17) is 0 Å². The number of nitrogens with one attached hydrogen (secondary N) is 1.